The van der Waals surface area contributed by atoms with Gasteiger partial charge in [0.2, 0.25) is 0 Å². The molecule has 114 valence electrons. The summed E-state index contributed by atoms with van der Waals surface area (Å²) in [5.74, 6) is 1.55. The number of rotatable bonds is 5. The Bertz CT molecular complexity index is 254. The topological polar surface area (TPSA) is 15.3 Å². The molecule has 0 aromatic carbocycles. The van der Waals surface area contributed by atoms with Crippen LogP contribution < -0.4 is 5.32 Å². The summed E-state index contributed by atoms with van der Waals surface area (Å²) in [7, 11) is 0. The third-order valence-electron chi connectivity index (χ3n) is 4.58. The molecule has 2 nitrogen and oxygen atoms in total. The predicted molar refractivity (Wildman–Crippen MR) is 85.5 cm³/mol. The van der Waals surface area contributed by atoms with Crippen molar-refractivity contribution in [2.45, 2.75) is 73.4 Å². The highest BCUT2D eigenvalue weighted by molar-refractivity contribution is 4.93. The Morgan fingerprint density at radius 3 is 2.32 bits per heavy atom. The standard InChI is InChI=1S/C17H36N2/c1-8-9-14(4)11-19-12-15(13(2)3)18-10-16(19)17(5,6)7/h13-16,18H,8-12H2,1-7H3. The molecule has 1 saturated heterocycles. The number of nitrogens with one attached hydrogen (secondary N) is 1. The van der Waals surface area contributed by atoms with E-state index in [2.05, 4.69) is 58.7 Å². The third-order valence-corrected chi connectivity index (χ3v) is 4.58. The van der Waals surface area contributed by atoms with E-state index in [-0.39, 0.29) is 0 Å². The van der Waals surface area contributed by atoms with Crippen LogP contribution in [0.4, 0.5) is 0 Å². The largest absolute Gasteiger partial charge is 0.311 e. The van der Waals surface area contributed by atoms with Gasteiger partial charge >= 0.3 is 0 Å². The quantitative estimate of drug-likeness (QED) is 0.816. The Morgan fingerprint density at radius 1 is 1.21 bits per heavy atom. The van der Waals surface area contributed by atoms with Crippen molar-refractivity contribution in [2.24, 2.45) is 17.3 Å². The molecule has 0 aliphatic carbocycles. The van der Waals surface area contributed by atoms with Gasteiger partial charge < -0.3 is 5.32 Å². The number of hydrogen-bond donors (Lipinski definition) is 1. The van der Waals surface area contributed by atoms with Crippen LogP contribution in [-0.2, 0) is 0 Å². The summed E-state index contributed by atoms with van der Waals surface area (Å²) in [6.07, 6.45) is 2.66. The summed E-state index contributed by atoms with van der Waals surface area (Å²) in [4.78, 5) is 2.77. The highest BCUT2D eigenvalue weighted by Crippen LogP contribution is 2.28. The first-order valence-electron chi connectivity index (χ1n) is 8.23. The number of piperazine rings is 1. The van der Waals surface area contributed by atoms with Gasteiger partial charge in [0.05, 0.1) is 0 Å². The van der Waals surface area contributed by atoms with E-state index in [1.165, 1.54) is 25.9 Å². The summed E-state index contributed by atoms with van der Waals surface area (Å²) in [5.41, 5.74) is 0.362. The molecule has 2 heteroatoms. The molecule has 19 heavy (non-hydrogen) atoms. The van der Waals surface area contributed by atoms with E-state index in [0.717, 1.165) is 18.4 Å². The maximum absolute atomic E-state index is 3.77. The molecule has 0 bridgehead atoms. The Labute approximate surface area is 121 Å². The van der Waals surface area contributed by atoms with Crippen molar-refractivity contribution in [3.8, 4) is 0 Å². The third kappa shape index (κ3) is 5.07. The van der Waals surface area contributed by atoms with E-state index in [4.69, 9.17) is 0 Å². The van der Waals surface area contributed by atoms with Gasteiger partial charge in [-0.25, -0.2) is 0 Å². The highest BCUT2D eigenvalue weighted by atomic mass is 15.2. The molecular weight excluding hydrogens is 232 g/mol. The molecule has 0 radical (unpaired) electrons. The molecule has 3 atom stereocenters. The summed E-state index contributed by atoms with van der Waals surface area (Å²) in [6, 6.07) is 1.33. The van der Waals surface area contributed by atoms with Crippen molar-refractivity contribution >= 4 is 0 Å². The lowest BCUT2D eigenvalue weighted by atomic mass is 9.82. The van der Waals surface area contributed by atoms with Crippen LogP contribution >= 0.6 is 0 Å². The van der Waals surface area contributed by atoms with E-state index in [1.54, 1.807) is 0 Å². The fraction of sp³-hybridized carbons (Fsp3) is 1.00. The van der Waals surface area contributed by atoms with Crippen molar-refractivity contribution in [3.63, 3.8) is 0 Å². The van der Waals surface area contributed by atoms with Crippen LogP contribution in [0, 0.1) is 17.3 Å². The lowest BCUT2D eigenvalue weighted by Gasteiger charge is -2.48. The van der Waals surface area contributed by atoms with Crippen molar-refractivity contribution in [1.82, 2.24) is 10.2 Å². The van der Waals surface area contributed by atoms with Crippen molar-refractivity contribution < 1.29 is 0 Å². The maximum Gasteiger partial charge on any atom is 0.0269 e. The average Bonchev–Trinajstić information content (AvgIpc) is 2.27. The summed E-state index contributed by atoms with van der Waals surface area (Å²) >= 11 is 0. The van der Waals surface area contributed by atoms with Gasteiger partial charge in [0.15, 0.2) is 0 Å². The van der Waals surface area contributed by atoms with Gasteiger partial charge in [0.25, 0.3) is 0 Å². The van der Waals surface area contributed by atoms with Crippen LogP contribution in [0.5, 0.6) is 0 Å². The fourth-order valence-electron chi connectivity index (χ4n) is 3.32. The average molecular weight is 268 g/mol. The molecule has 1 heterocycles. The second kappa shape index (κ2) is 7.08. The van der Waals surface area contributed by atoms with Crippen LogP contribution in [0.25, 0.3) is 0 Å². The summed E-state index contributed by atoms with van der Waals surface area (Å²) in [6.45, 7) is 20.2. The number of nitrogens with zero attached hydrogens (tertiary/aromatic N) is 1. The molecule has 0 aromatic heterocycles. The zero-order valence-electron chi connectivity index (χ0n) is 14.3. The first-order valence-corrected chi connectivity index (χ1v) is 8.23. The van der Waals surface area contributed by atoms with E-state index in [0.29, 0.717) is 17.5 Å². The van der Waals surface area contributed by atoms with Crippen LogP contribution in [-0.4, -0.2) is 36.6 Å². The Hall–Kier alpha value is -0.0800. The van der Waals surface area contributed by atoms with E-state index in [1.807, 2.05) is 0 Å². The van der Waals surface area contributed by atoms with Crippen molar-refractivity contribution in [2.75, 3.05) is 19.6 Å². The van der Waals surface area contributed by atoms with Gasteiger partial charge in [-0.2, -0.15) is 0 Å². The molecule has 1 aliphatic heterocycles. The summed E-state index contributed by atoms with van der Waals surface area (Å²) < 4.78 is 0. The predicted octanol–water partition coefficient (Wildman–Crippen LogP) is 3.77. The fourth-order valence-corrected chi connectivity index (χ4v) is 3.32. The second-order valence-electron chi connectivity index (χ2n) is 7.99. The van der Waals surface area contributed by atoms with Gasteiger partial charge in [-0.1, -0.05) is 54.9 Å². The molecule has 3 unspecified atom stereocenters. The van der Waals surface area contributed by atoms with Gasteiger partial charge in [0.1, 0.15) is 0 Å². The molecule has 1 rings (SSSR count). The van der Waals surface area contributed by atoms with Crippen LogP contribution in [0.1, 0.15) is 61.3 Å². The van der Waals surface area contributed by atoms with Gasteiger partial charge in [0, 0.05) is 31.7 Å². The Morgan fingerprint density at radius 2 is 1.84 bits per heavy atom. The zero-order chi connectivity index (χ0) is 14.6. The van der Waals surface area contributed by atoms with Gasteiger partial charge in [-0.05, 0) is 23.7 Å². The normalized spacial score (nSPS) is 27.8. The minimum absolute atomic E-state index is 0.362. The number of hydrogen-bond acceptors (Lipinski definition) is 2. The molecule has 1 fully saturated rings. The Kier molecular flexibility index (Phi) is 6.32. The summed E-state index contributed by atoms with van der Waals surface area (Å²) in [5, 5.41) is 3.77. The molecule has 0 spiro atoms. The molecule has 0 aromatic rings. The molecule has 0 amide bonds. The molecule has 1 aliphatic rings. The van der Waals surface area contributed by atoms with Crippen LogP contribution in [0.3, 0.4) is 0 Å². The first kappa shape index (κ1) is 17.0. The monoisotopic (exact) mass is 268 g/mol. The SMILES string of the molecule is CCCC(C)CN1CC(C(C)C)NCC1C(C)(C)C. The van der Waals surface area contributed by atoms with Gasteiger partial charge in [-0.3, -0.25) is 4.90 Å². The van der Waals surface area contributed by atoms with E-state index >= 15 is 0 Å². The maximum atomic E-state index is 3.77. The lowest BCUT2D eigenvalue weighted by Crippen LogP contribution is -2.62. The highest BCUT2D eigenvalue weighted by Gasteiger charge is 2.36. The van der Waals surface area contributed by atoms with Crippen LogP contribution in [0.15, 0.2) is 0 Å². The minimum atomic E-state index is 0.362. The second-order valence-corrected chi connectivity index (χ2v) is 7.99. The van der Waals surface area contributed by atoms with Crippen molar-refractivity contribution in [1.29, 1.82) is 0 Å². The molecule has 1 N–H and O–H groups in total. The van der Waals surface area contributed by atoms with Gasteiger partial charge in [-0.15, -0.1) is 0 Å². The first-order chi connectivity index (χ1) is 8.75. The smallest absolute Gasteiger partial charge is 0.0269 e. The van der Waals surface area contributed by atoms with E-state index < -0.39 is 0 Å². The van der Waals surface area contributed by atoms with Crippen molar-refractivity contribution in [3.05, 3.63) is 0 Å². The zero-order valence-corrected chi connectivity index (χ0v) is 14.3. The Balaban J connectivity index is 2.71. The minimum Gasteiger partial charge on any atom is -0.311 e. The lowest BCUT2D eigenvalue weighted by molar-refractivity contribution is 0.0350. The van der Waals surface area contributed by atoms with E-state index in [9.17, 15) is 0 Å². The molecular formula is C17H36N2. The molecule has 0 saturated carbocycles. The van der Waals surface area contributed by atoms with Crippen LogP contribution in [0.2, 0.25) is 0 Å².